The number of hydrogen-bond donors (Lipinski definition) is 1. The third-order valence-corrected chi connectivity index (χ3v) is 2.85. The van der Waals surface area contributed by atoms with Crippen LogP contribution in [0.25, 0.3) is 0 Å². The van der Waals surface area contributed by atoms with E-state index in [1.807, 2.05) is 19.9 Å². The second-order valence-corrected chi connectivity index (χ2v) is 4.45. The molecular formula is C13H19N. The van der Waals surface area contributed by atoms with Crippen molar-refractivity contribution in [1.29, 1.82) is 0 Å². The van der Waals surface area contributed by atoms with E-state index < -0.39 is 0 Å². The Kier molecular flexibility index (Phi) is 2.70. The lowest BCUT2D eigenvalue weighted by Crippen LogP contribution is -2.14. The molecule has 1 aromatic rings. The SMILES string of the molecule is C=CC(C)(C)c1cc(C)c(N)c(C)c1. The molecule has 0 unspecified atom stereocenters. The van der Waals surface area contributed by atoms with Crippen LogP contribution in [0.4, 0.5) is 5.69 Å². The monoisotopic (exact) mass is 189 g/mol. The lowest BCUT2D eigenvalue weighted by atomic mass is 9.83. The standard InChI is InChI=1S/C13H19N/c1-6-13(4,5)11-7-9(2)12(14)10(3)8-11/h6-8H,1,14H2,2-5H3. The third kappa shape index (κ3) is 1.82. The minimum Gasteiger partial charge on any atom is -0.398 e. The number of nitrogen functional groups attached to an aromatic ring is 1. The van der Waals surface area contributed by atoms with Gasteiger partial charge in [0, 0.05) is 11.1 Å². The molecular weight excluding hydrogens is 170 g/mol. The smallest absolute Gasteiger partial charge is 0.0373 e. The summed E-state index contributed by atoms with van der Waals surface area (Å²) in [5.74, 6) is 0. The highest BCUT2D eigenvalue weighted by molar-refractivity contribution is 5.55. The van der Waals surface area contributed by atoms with Crippen LogP contribution in [0.15, 0.2) is 24.8 Å². The predicted molar refractivity (Wildman–Crippen MR) is 63.6 cm³/mol. The molecule has 0 saturated heterocycles. The first-order chi connectivity index (χ1) is 6.38. The Morgan fingerprint density at radius 3 is 2.00 bits per heavy atom. The summed E-state index contributed by atoms with van der Waals surface area (Å²) >= 11 is 0. The van der Waals surface area contributed by atoms with Crippen molar-refractivity contribution in [3.05, 3.63) is 41.5 Å². The maximum absolute atomic E-state index is 5.91. The maximum atomic E-state index is 5.91. The van der Waals surface area contributed by atoms with Crippen LogP contribution in [-0.2, 0) is 5.41 Å². The van der Waals surface area contributed by atoms with E-state index in [2.05, 4.69) is 32.6 Å². The van der Waals surface area contributed by atoms with E-state index in [1.54, 1.807) is 0 Å². The average Bonchev–Trinajstić information content (AvgIpc) is 2.13. The molecule has 0 aromatic heterocycles. The maximum Gasteiger partial charge on any atom is 0.0373 e. The van der Waals surface area contributed by atoms with Gasteiger partial charge in [-0.3, -0.25) is 0 Å². The molecule has 0 aliphatic heterocycles. The van der Waals surface area contributed by atoms with Gasteiger partial charge >= 0.3 is 0 Å². The van der Waals surface area contributed by atoms with E-state index in [9.17, 15) is 0 Å². The van der Waals surface area contributed by atoms with Crippen molar-refractivity contribution in [2.75, 3.05) is 5.73 Å². The predicted octanol–water partition coefficient (Wildman–Crippen LogP) is 3.35. The van der Waals surface area contributed by atoms with Crippen molar-refractivity contribution in [1.82, 2.24) is 0 Å². The normalized spacial score (nSPS) is 11.4. The molecule has 0 fully saturated rings. The van der Waals surface area contributed by atoms with Crippen LogP contribution in [0.2, 0.25) is 0 Å². The summed E-state index contributed by atoms with van der Waals surface area (Å²) in [7, 11) is 0. The topological polar surface area (TPSA) is 26.0 Å². The Morgan fingerprint density at radius 1 is 1.21 bits per heavy atom. The first-order valence-electron chi connectivity index (χ1n) is 4.89. The molecule has 0 atom stereocenters. The van der Waals surface area contributed by atoms with Gasteiger partial charge < -0.3 is 5.73 Å². The van der Waals surface area contributed by atoms with E-state index in [4.69, 9.17) is 5.73 Å². The van der Waals surface area contributed by atoms with E-state index in [0.717, 1.165) is 16.8 Å². The summed E-state index contributed by atoms with van der Waals surface area (Å²) in [6.45, 7) is 12.3. The van der Waals surface area contributed by atoms with Crippen LogP contribution in [-0.4, -0.2) is 0 Å². The lowest BCUT2D eigenvalue weighted by Gasteiger charge is -2.22. The van der Waals surface area contributed by atoms with Crippen molar-refractivity contribution in [3.8, 4) is 0 Å². The van der Waals surface area contributed by atoms with Crippen LogP contribution >= 0.6 is 0 Å². The van der Waals surface area contributed by atoms with Gasteiger partial charge in [-0.1, -0.05) is 32.1 Å². The number of benzene rings is 1. The van der Waals surface area contributed by atoms with Gasteiger partial charge in [-0.25, -0.2) is 0 Å². The highest BCUT2D eigenvalue weighted by Gasteiger charge is 2.17. The number of hydrogen-bond acceptors (Lipinski definition) is 1. The summed E-state index contributed by atoms with van der Waals surface area (Å²) in [5.41, 5.74) is 10.4. The van der Waals surface area contributed by atoms with Crippen molar-refractivity contribution < 1.29 is 0 Å². The Morgan fingerprint density at radius 2 is 1.64 bits per heavy atom. The Hall–Kier alpha value is -1.24. The zero-order valence-electron chi connectivity index (χ0n) is 9.52. The summed E-state index contributed by atoms with van der Waals surface area (Å²) in [4.78, 5) is 0. The van der Waals surface area contributed by atoms with Crippen molar-refractivity contribution in [3.63, 3.8) is 0 Å². The van der Waals surface area contributed by atoms with Gasteiger partial charge in [0.25, 0.3) is 0 Å². The third-order valence-electron chi connectivity index (χ3n) is 2.85. The molecule has 0 spiro atoms. The fourth-order valence-electron chi connectivity index (χ4n) is 1.46. The first kappa shape index (κ1) is 10.8. The molecule has 0 radical (unpaired) electrons. The Balaban J connectivity index is 3.32. The highest BCUT2D eigenvalue weighted by atomic mass is 14.6. The molecule has 0 aliphatic carbocycles. The van der Waals surface area contributed by atoms with Crippen molar-refractivity contribution in [2.24, 2.45) is 0 Å². The van der Waals surface area contributed by atoms with Crippen LogP contribution in [0.3, 0.4) is 0 Å². The molecule has 0 bridgehead atoms. The van der Waals surface area contributed by atoms with E-state index in [1.165, 1.54) is 5.56 Å². The van der Waals surface area contributed by atoms with Gasteiger partial charge in [-0.2, -0.15) is 0 Å². The fourth-order valence-corrected chi connectivity index (χ4v) is 1.46. The molecule has 14 heavy (non-hydrogen) atoms. The van der Waals surface area contributed by atoms with Gasteiger partial charge in [0.2, 0.25) is 0 Å². The largest absolute Gasteiger partial charge is 0.398 e. The zero-order chi connectivity index (χ0) is 10.9. The fraction of sp³-hybridized carbons (Fsp3) is 0.385. The quantitative estimate of drug-likeness (QED) is 0.560. The minimum absolute atomic E-state index is 0.0171. The van der Waals surface area contributed by atoms with Gasteiger partial charge in [0.1, 0.15) is 0 Å². The first-order valence-corrected chi connectivity index (χ1v) is 4.89. The molecule has 1 heteroatoms. The number of rotatable bonds is 2. The van der Waals surface area contributed by atoms with E-state index in [-0.39, 0.29) is 5.41 Å². The van der Waals surface area contributed by atoms with Crippen LogP contribution in [0.5, 0.6) is 0 Å². The van der Waals surface area contributed by atoms with Crippen LogP contribution in [0.1, 0.15) is 30.5 Å². The second kappa shape index (κ2) is 3.49. The number of aryl methyl sites for hydroxylation is 2. The molecule has 76 valence electrons. The second-order valence-electron chi connectivity index (χ2n) is 4.45. The molecule has 0 saturated carbocycles. The van der Waals surface area contributed by atoms with Crippen LogP contribution < -0.4 is 5.73 Å². The number of nitrogens with two attached hydrogens (primary N) is 1. The summed E-state index contributed by atoms with van der Waals surface area (Å²) < 4.78 is 0. The molecule has 0 amide bonds. The highest BCUT2D eigenvalue weighted by Crippen LogP contribution is 2.28. The lowest BCUT2D eigenvalue weighted by molar-refractivity contribution is 0.670. The van der Waals surface area contributed by atoms with Gasteiger partial charge in [-0.05, 0) is 30.5 Å². The van der Waals surface area contributed by atoms with Crippen molar-refractivity contribution in [2.45, 2.75) is 33.1 Å². The average molecular weight is 189 g/mol. The van der Waals surface area contributed by atoms with E-state index >= 15 is 0 Å². The summed E-state index contributed by atoms with van der Waals surface area (Å²) in [6, 6.07) is 4.29. The van der Waals surface area contributed by atoms with Gasteiger partial charge in [0.15, 0.2) is 0 Å². The molecule has 0 aliphatic rings. The minimum atomic E-state index is 0.0171. The van der Waals surface area contributed by atoms with Gasteiger partial charge in [-0.15, -0.1) is 6.58 Å². The van der Waals surface area contributed by atoms with Gasteiger partial charge in [0.05, 0.1) is 0 Å². The van der Waals surface area contributed by atoms with E-state index in [0.29, 0.717) is 0 Å². The molecule has 1 aromatic carbocycles. The molecule has 1 rings (SSSR count). The molecule has 2 N–H and O–H groups in total. The molecule has 1 nitrogen and oxygen atoms in total. The Bertz CT molecular complexity index is 338. The summed E-state index contributed by atoms with van der Waals surface area (Å²) in [5, 5.41) is 0. The number of anilines is 1. The number of allylic oxidation sites excluding steroid dienone is 1. The zero-order valence-corrected chi connectivity index (χ0v) is 9.52. The summed E-state index contributed by atoms with van der Waals surface area (Å²) in [6.07, 6.45) is 1.97. The molecule has 0 heterocycles. The van der Waals surface area contributed by atoms with Crippen molar-refractivity contribution >= 4 is 5.69 Å². The Labute approximate surface area is 86.6 Å². The van der Waals surface area contributed by atoms with Crippen LogP contribution in [0, 0.1) is 13.8 Å².